The highest BCUT2D eigenvalue weighted by Crippen LogP contribution is 2.04. The first-order chi connectivity index (χ1) is 7.54. The van der Waals surface area contributed by atoms with Gasteiger partial charge in [-0.15, -0.1) is 0 Å². The Morgan fingerprint density at radius 3 is 2.88 bits per heavy atom. The summed E-state index contributed by atoms with van der Waals surface area (Å²) in [5.41, 5.74) is 1.26. The van der Waals surface area contributed by atoms with Gasteiger partial charge in [0.25, 0.3) is 5.91 Å². The third-order valence-corrected chi connectivity index (χ3v) is 2.38. The first-order valence-corrected chi connectivity index (χ1v) is 5.51. The van der Waals surface area contributed by atoms with Gasteiger partial charge in [0.1, 0.15) is 0 Å². The van der Waals surface area contributed by atoms with Crippen molar-refractivity contribution >= 4 is 5.91 Å². The molecule has 1 rings (SSSR count). The number of carbonyl (C=O) groups excluding carboxylic acids is 1. The lowest BCUT2D eigenvalue weighted by Gasteiger charge is -2.09. The van der Waals surface area contributed by atoms with Crippen molar-refractivity contribution in [1.82, 2.24) is 15.1 Å². The Balaban J connectivity index is 2.50. The van der Waals surface area contributed by atoms with Crippen LogP contribution in [0.1, 0.15) is 35.8 Å². The molecule has 1 aromatic rings. The molecule has 1 aromatic heterocycles. The summed E-state index contributed by atoms with van der Waals surface area (Å²) in [7, 11) is 1.77. The number of aromatic nitrogens is 2. The molecule has 0 saturated heterocycles. The fraction of sp³-hybridized carbons (Fsp3) is 0.636. The van der Waals surface area contributed by atoms with E-state index in [2.05, 4.69) is 10.4 Å². The average molecular weight is 225 g/mol. The van der Waals surface area contributed by atoms with Gasteiger partial charge >= 0.3 is 0 Å². The minimum absolute atomic E-state index is 0.180. The Morgan fingerprint density at radius 2 is 2.38 bits per heavy atom. The van der Waals surface area contributed by atoms with Gasteiger partial charge in [0.2, 0.25) is 0 Å². The number of rotatable bonds is 5. The molecule has 90 valence electrons. The monoisotopic (exact) mass is 225 g/mol. The fourth-order valence-corrected chi connectivity index (χ4v) is 1.56. The van der Waals surface area contributed by atoms with Crippen LogP contribution in [0.5, 0.6) is 0 Å². The van der Waals surface area contributed by atoms with Gasteiger partial charge in [-0.3, -0.25) is 9.48 Å². The molecule has 1 atom stereocenters. The molecule has 0 fully saturated rings. The SMILES string of the molecule is CCCC(O)CNC(=O)c1cn(C)nc1C. The molecule has 1 amide bonds. The molecule has 0 bridgehead atoms. The molecule has 16 heavy (non-hydrogen) atoms. The molecule has 5 nitrogen and oxygen atoms in total. The molecule has 0 aliphatic heterocycles. The number of hydrogen-bond donors (Lipinski definition) is 2. The van der Waals surface area contributed by atoms with Crippen LogP contribution in [0, 0.1) is 6.92 Å². The Morgan fingerprint density at radius 1 is 1.69 bits per heavy atom. The van der Waals surface area contributed by atoms with Crippen LogP contribution in [0.15, 0.2) is 6.20 Å². The standard InChI is InChI=1S/C11H19N3O2/c1-4-5-9(15)6-12-11(16)10-7-14(3)13-8(10)2/h7,9,15H,4-6H2,1-3H3,(H,12,16). The topological polar surface area (TPSA) is 67.2 Å². The third-order valence-electron chi connectivity index (χ3n) is 2.38. The second kappa shape index (κ2) is 5.65. The van der Waals surface area contributed by atoms with Crippen LogP contribution in [0.4, 0.5) is 0 Å². The van der Waals surface area contributed by atoms with Crippen molar-refractivity contribution in [2.24, 2.45) is 7.05 Å². The van der Waals surface area contributed by atoms with Gasteiger partial charge in [0.15, 0.2) is 0 Å². The second-order valence-corrected chi connectivity index (χ2v) is 3.95. The van der Waals surface area contributed by atoms with Crippen LogP contribution in [0.3, 0.4) is 0 Å². The first kappa shape index (κ1) is 12.7. The highest BCUT2D eigenvalue weighted by atomic mass is 16.3. The summed E-state index contributed by atoms with van der Waals surface area (Å²) in [5.74, 6) is -0.180. The second-order valence-electron chi connectivity index (χ2n) is 3.95. The maximum Gasteiger partial charge on any atom is 0.254 e. The van der Waals surface area contributed by atoms with E-state index in [4.69, 9.17) is 0 Å². The van der Waals surface area contributed by atoms with Crippen LogP contribution in [-0.4, -0.2) is 33.4 Å². The minimum atomic E-state index is -0.467. The molecule has 2 N–H and O–H groups in total. The number of aliphatic hydroxyl groups excluding tert-OH is 1. The molecule has 5 heteroatoms. The van der Waals surface area contributed by atoms with E-state index in [-0.39, 0.29) is 5.91 Å². The minimum Gasteiger partial charge on any atom is -0.391 e. The van der Waals surface area contributed by atoms with Crippen molar-refractivity contribution in [3.63, 3.8) is 0 Å². The van der Waals surface area contributed by atoms with E-state index in [0.29, 0.717) is 24.2 Å². The van der Waals surface area contributed by atoms with Gasteiger partial charge in [0.05, 0.1) is 17.4 Å². The summed E-state index contributed by atoms with van der Waals surface area (Å²) >= 11 is 0. The van der Waals surface area contributed by atoms with Gasteiger partial charge in [0, 0.05) is 19.8 Å². The average Bonchev–Trinajstić information content (AvgIpc) is 2.55. The van der Waals surface area contributed by atoms with Crippen LogP contribution < -0.4 is 5.32 Å². The highest BCUT2D eigenvalue weighted by molar-refractivity contribution is 5.94. The number of amides is 1. The normalized spacial score (nSPS) is 12.5. The summed E-state index contributed by atoms with van der Waals surface area (Å²) in [6.45, 7) is 4.08. The van der Waals surface area contributed by atoms with E-state index in [0.717, 1.165) is 6.42 Å². The molecule has 1 unspecified atom stereocenters. The van der Waals surface area contributed by atoms with Crippen LogP contribution >= 0.6 is 0 Å². The van der Waals surface area contributed by atoms with Gasteiger partial charge in [-0.1, -0.05) is 13.3 Å². The van der Waals surface area contributed by atoms with Gasteiger partial charge in [-0.25, -0.2) is 0 Å². The van der Waals surface area contributed by atoms with Crippen molar-refractivity contribution < 1.29 is 9.90 Å². The van der Waals surface area contributed by atoms with E-state index < -0.39 is 6.10 Å². The van der Waals surface area contributed by atoms with E-state index >= 15 is 0 Å². The predicted octanol–water partition coefficient (Wildman–Crippen LogP) is 0.619. The molecular formula is C11H19N3O2. The first-order valence-electron chi connectivity index (χ1n) is 5.51. The highest BCUT2D eigenvalue weighted by Gasteiger charge is 2.13. The quantitative estimate of drug-likeness (QED) is 0.772. The number of aliphatic hydroxyl groups is 1. The Bertz CT molecular complexity index is 360. The Hall–Kier alpha value is -1.36. The lowest BCUT2D eigenvalue weighted by atomic mass is 10.2. The van der Waals surface area contributed by atoms with E-state index in [1.807, 2.05) is 6.92 Å². The van der Waals surface area contributed by atoms with Gasteiger partial charge in [-0.2, -0.15) is 5.10 Å². The Labute approximate surface area is 95.5 Å². The summed E-state index contributed by atoms with van der Waals surface area (Å²) in [5, 5.41) is 16.3. The molecule has 1 heterocycles. The molecule has 0 aliphatic carbocycles. The summed E-state index contributed by atoms with van der Waals surface area (Å²) in [6, 6.07) is 0. The van der Waals surface area contributed by atoms with Crippen LogP contribution in [-0.2, 0) is 7.05 Å². The van der Waals surface area contributed by atoms with Gasteiger partial charge < -0.3 is 10.4 Å². The van der Waals surface area contributed by atoms with E-state index in [9.17, 15) is 9.90 Å². The fourth-order valence-electron chi connectivity index (χ4n) is 1.56. The summed E-state index contributed by atoms with van der Waals surface area (Å²) in [6.07, 6.45) is 2.82. The number of carbonyl (C=O) groups is 1. The number of nitrogens with one attached hydrogen (secondary N) is 1. The zero-order valence-corrected chi connectivity index (χ0v) is 10.0. The smallest absolute Gasteiger partial charge is 0.254 e. The predicted molar refractivity (Wildman–Crippen MR) is 61.2 cm³/mol. The number of aryl methyl sites for hydroxylation is 2. The zero-order valence-electron chi connectivity index (χ0n) is 10.0. The summed E-state index contributed by atoms with van der Waals surface area (Å²) in [4.78, 5) is 11.7. The van der Waals surface area contributed by atoms with Crippen molar-refractivity contribution in [3.05, 3.63) is 17.5 Å². The van der Waals surface area contributed by atoms with Crippen molar-refractivity contribution in [1.29, 1.82) is 0 Å². The summed E-state index contributed by atoms with van der Waals surface area (Å²) < 4.78 is 1.60. The molecule has 0 spiro atoms. The van der Waals surface area contributed by atoms with E-state index in [1.165, 1.54) is 0 Å². The largest absolute Gasteiger partial charge is 0.391 e. The Kier molecular flexibility index (Phi) is 4.49. The number of hydrogen-bond acceptors (Lipinski definition) is 3. The molecule has 0 radical (unpaired) electrons. The zero-order chi connectivity index (χ0) is 12.1. The molecule has 0 saturated carbocycles. The van der Waals surface area contributed by atoms with Crippen LogP contribution in [0.25, 0.3) is 0 Å². The molecule has 0 aromatic carbocycles. The molecule has 0 aliphatic rings. The lowest BCUT2D eigenvalue weighted by Crippen LogP contribution is -2.32. The molecular weight excluding hydrogens is 206 g/mol. The lowest BCUT2D eigenvalue weighted by molar-refractivity contribution is 0.0909. The third kappa shape index (κ3) is 3.34. The van der Waals surface area contributed by atoms with E-state index in [1.54, 1.807) is 24.9 Å². The van der Waals surface area contributed by atoms with Crippen LogP contribution in [0.2, 0.25) is 0 Å². The van der Waals surface area contributed by atoms with Crippen molar-refractivity contribution in [2.75, 3.05) is 6.54 Å². The van der Waals surface area contributed by atoms with Crippen molar-refractivity contribution in [3.8, 4) is 0 Å². The number of nitrogens with zero attached hydrogens (tertiary/aromatic N) is 2. The maximum absolute atomic E-state index is 11.7. The maximum atomic E-state index is 11.7. The van der Waals surface area contributed by atoms with Gasteiger partial charge in [-0.05, 0) is 13.3 Å². The van der Waals surface area contributed by atoms with Crippen molar-refractivity contribution in [2.45, 2.75) is 32.8 Å².